The lowest BCUT2D eigenvalue weighted by molar-refractivity contribution is -0.125. The predicted molar refractivity (Wildman–Crippen MR) is 90.5 cm³/mol. The zero-order chi connectivity index (χ0) is 16.1. The van der Waals surface area contributed by atoms with Crippen molar-refractivity contribution in [3.8, 4) is 0 Å². The second kappa shape index (κ2) is 6.96. The van der Waals surface area contributed by atoms with Crippen LogP contribution in [-0.4, -0.2) is 18.4 Å². The molecule has 0 spiro atoms. The molecule has 0 aliphatic heterocycles. The fourth-order valence-corrected chi connectivity index (χ4v) is 2.23. The lowest BCUT2D eigenvalue weighted by Gasteiger charge is -2.10. The molecule has 1 fully saturated rings. The fraction of sp³-hybridized carbons (Fsp3) is 0.222. The summed E-state index contributed by atoms with van der Waals surface area (Å²) in [6.07, 6.45) is 1.86. The van der Waals surface area contributed by atoms with Gasteiger partial charge >= 0.3 is 0 Å². The Morgan fingerprint density at radius 1 is 0.913 bits per heavy atom. The number of hydrogen-bond acceptors (Lipinski definition) is 3. The number of rotatable bonds is 6. The molecule has 3 N–H and O–H groups in total. The van der Waals surface area contributed by atoms with E-state index in [9.17, 15) is 9.59 Å². The Hall–Kier alpha value is -2.82. The van der Waals surface area contributed by atoms with Gasteiger partial charge in [-0.2, -0.15) is 0 Å². The summed E-state index contributed by atoms with van der Waals surface area (Å²) >= 11 is 0. The van der Waals surface area contributed by atoms with Crippen molar-refractivity contribution in [2.45, 2.75) is 12.8 Å². The van der Waals surface area contributed by atoms with Gasteiger partial charge in [0.05, 0.1) is 6.54 Å². The second-order valence-electron chi connectivity index (χ2n) is 5.61. The molecule has 3 rings (SSSR count). The smallest absolute Gasteiger partial charge is 0.243 e. The van der Waals surface area contributed by atoms with Crippen molar-refractivity contribution in [2.75, 3.05) is 17.2 Å². The van der Waals surface area contributed by atoms with E-state index in [1.54, 1.807) is 0 Å². The van der Waals surface area contributed by atoms with Crippen LogP contribution in [0.4, 0.5) is 17.1 Å². The number of carbonyl (C=O) groups excluding carboxylic acids is 2. The van der Waals surface area contributed by atoms with E-state index >= 15 is 0 Å². The summed E-state index contributed by atoms with van der Waals surface area (Å²) in [5, 5.41) is 8.71. The van der Waals surface area contributed by atoms with E-state index in [2.05, 4.69) is 16.0 Å². The summed E-state index contributed by atoms with van der Waals surface area (Å²) < 4.78 is 0. The molecule has 0 bridgehead atoms. The lowest BCUT2D eigenvalue weighted by atomic mass is 10.2. The molecule has 1 aliphatic rings. The van der Waals surface area contributed by atoms with E-state index < -0.39 is 0 Å². The largest absolute Gasteiger partial charge is 0.355 e. The summed E-state index contributed by atoms with van der Waals surface area (Å²) in [5.74, 6) is -0.142. The van der Waals surface area contributed by atoms with Gasteiger partial charge in [0.2, 0.25) is 11.8 Å². The maximum atomic E-state index is 11.9. The Morgan fingerprint density at radius 2 is 1.61 bits per heavy atom. The number of hydrogen-bond donors (Lipinski definition) is 3. The first-order valence-corrected chi connectivity index (χ1v) is 7.70. The summed E-state index contributed by atoms with van der Waals surface area (Å²) in [6.45, 7) is 0.00563. The molecule has 2 aromatic carbocycles. The highest BCUT2D eigenvalue weighted by Crippen LogP contribution is 2.28. The highest BCUT2D eigenvalue weighted by Gasteiger charge is 2.29. The topological polar surface area (TPSA) is 70.2 Å². The van der Waals surface area contributed by atoms with Crippen LogP contribution >= 0.6 is 0 Å². The Labute approximate surface area is 135 Å². The number of nitrogens with one attached hydrogen (secondary N) is 3. The van der Waals surface area contributed by atoms with E-state index in [0.717, 1.165) is 24.2 Å². The maximum Gasteiger partial charge on any atom is 0.243 e. The zero-order valence-corrected chi connectivity index (χ0v) is 12.7. The summed E-state index contributed by atoms with van der Waals surface area (Å²) in [5.41, 5.74) is 2.56. The summed E-state index contributed by atoms with van der Waals surface area (Å²) in [6, 6.07) is 17.3. The van der Waals surface area contributed by atoms with E-state index in [1.807, 2.05) is 54.6 Å². The van der Waals surface area contributed by atoms with E-state index in [4.69, 9.17) is 0 Å². The quantitative estimate of drug-likeness (QED) is 0.768. The molecule has 0 heterocycles. The molecule has 2 amide bonds. The SMILES string of the molecule is O=C(CNC(=O)C1CC1)Nc1cccc(Nc2ccccc2)c1. The standard InChI is InChI=1S/C18H19N3O2/c22-17(12-19-18(23)13-9-10-13)21-16-8-4-7-15(11-16)20-14-5-2-1-3-6-14/h1-8,11,13,20H,9-10,12H2,(H,19,23)(H,21,22). The van der Waals surface area contributed by atoms with Crippen LogP contribution in [0.15, 0.2) is 54.6 Å². The zero-order valence-electron chi connectivity index (χ0n) is 12.7. The number of para-hydroxylation sites is 1. The third-order valence-corrected chi connectivity index (χ3v) is 3.58. The van der Waals surface area contributed by atoms with Crippen molar-refractivity contribution in [3.05, 3.63) is 54.6 Å². The van der Waals surface area contributed by atoms with Crippen LogP contribution in [0.2, 0.25) is 0 Å². The van der Waals surface area contributed by atoms with Crippen LogP contribution in [0.3, 0.4) is 0 Å². The molecule has 0 unspecified atom stereocenters. The maximum absolute atomic E-state index is 11.9. The second-order valence-corrected chi connectivity index (χ2v) is 5.61. The first-order valence-electron chi connectivity index (χ1n) is 7.70. The molecule has 118 valence electrons. The van der Waals surface area contributed by atoms with Crippen molar-refractivity contribution in [1.82, 2.24) is 5.32 Å². The Balaban J connectivity index is 1.54. The van der Waals surface area contributed by atoms with Crippen LogP contribution in [0, 0.1) is 5.92 Å². The lowest BCUT2D eigenvalue weighted by Crippen LogP contribution is -2.33. The minimum atomic E-state index is -0.226. The molecule has 0 aromatic heterocycles. The minimum absolute atomic E-state index is 0.00563. The van der Waals surface area contributed by atoms with Gasteiger partial charge in [-0.1, -0.05) is 24.3 Å². The van der Waals surface area contributed by atoms with Gasteiger partial charge in [-0.25, -0.2) is 0 Å². The van der Waals surface area contributed by atoms with Crippen LogP contribution in [0.25, 0.3) is 0 Å². The number of carbonyl (C=O) groups is 2. The molecule has 0 radical (unpaired) electrons. The Morgan fingerprint density at radius 3 is 2.35 bits per heavy atom. The molecular formula is C18H19N3O2. The average molecular weight is 309 g/mol. The molecule has 0 atom stereocenters. The average Bonchev–Trinajstić information content (AvgIpc) is 3.39. The Bertz CT molecular complexity index is 696. The van der Waals surface area contributed by atoms with Crippen molar-refractivity contribution < 1.29 is 9.59 Å². The highest BCUT2D eigenvalue weighted by molar-refractivity contribution is 5.95. The van der Waals surface area contributed by atoms with Crippen LogP contribution in [0.5, 0.6) is 0 Å². The molecule has 1 aliphatic carbocycles. The van der Waals surface area contributed by atoms with E-state index in [1.165, 1.54) is 0 Å². The molecule has 0 saturated heterocycles. The fourth-order valence-electron chi connectivity index (χ4n) is 2.23. The van der Waals surface area contributed by atoms with Gasteiger partial charge in [0.15, 0.2) is 0 Å². The molecule has 1 saturated carbocycles. The van der Waals surface area contributed by atoms with E-state index in [0.29, 0.717) is 5.69 Å². The van der Waals surface area contributed by atoms with Gasteiger partial charge in [-0.05, 0) is 43.2 Å². The molecule has 23 heavy (non-hydrogen) atoms. The first-order chi connectivity index (χ1) is 11.2. The predicted octanol–water partition coefficient (Wildman–Crippen LogP) is 2.89. The van der Waals surface area contributed by atoms with Crippen LogP contribution < -0.4 is 16.0 Å². The Kier molecular flexibility index (Phi) is 4.57. The number of anilines is 3. The van der Waals surface area contributed by atoms with Gasteiger partial charge in [0.1, 0.15) is 0 Å². The van der Waals surface area contributed by atoms with Crippen molar-refractivity contribution >= 4 is 28.9 Å². The third kappa shape index (κ3) is 4.57. The molecule has 2 aromatic rings. The van der Waals surface area contributed by atoms with Gasteiger partial charge < -0.3 is 16.0 Å². The monoisotopic (exact) mass is 309 g/mol. The van der Waals surface area contributed by atoms with E-state index in [-0.39, 0.29) is 24.3 Å². The minimum Gasteiger partial charge on any atom is -0.355 e. The van der Waals surface area contributed by atoms with Crippen LogP contribution in [0.1, 0.15) is 12.8 Å². The summed E-state index contributed by atoms with van der Waals surface area (Å²) in [7, 11) is 0. The molecular weight excluding hydrogens is 290 g/mol. The van der Waals surface area contributed by atoms with Crippen molar-refractivity contribution in [1.29, 1.82) is 0 Å². The van der Waals surface area contributed by atoms with Gasteiger partial charge in [-0.3, -0.25) is 9.59 Å². The normalized spacial score (nSPS) is 13.2. The first kappa shape index (κ1) is 15.1. The van der Waals surface area contributed by atoms with Crippen molar-refractivity contribution in [3.63, 3.8) is 0 Å². The van der Waals surface area contributed by atoms with Gasteiger partial charge in [0, 0.05) is 23.0 Å². The number of benzene rings is 2. The highest BCUT2D eigenvalue weighted by atomic mass is 16.2. The molecule has 5 heteroatoms. The van der Waals surface area contributed by atoms with Gasteiger partial charge in [0.25, 0.3) is 0 Å². The van der Waals surface area contributed by atoms with Crippen molar-refractivity contribution in [2.24, 2.45) is 5.92 Å². The third-order valence-electron chi connectivity index (χ3n) is 3.58. The van der Waals surface area contributed by atoms with Gasteiger partial charge in [-0.15, -0.1) is 0 Å². The van der Waals surface area contributed by atoms with Crippen LogP contribution in [-0.2, 0) is 9.59 Å². The number of amides is 2. The molecule has 5 nitrogen and oxygen atoms in total. The summed E-state index contributed by atoms with van der Waals surface area (Å²) in [4.78, 5) is 23.4.